The lowest BCUT2D eigenvalue weighted by Gasteiger charge is -2.06. The van der Waals surface area contributed by atoms with E-state index in [2.05, 4.69) is 6.92 Å². The standard InChI is InChI=1S/C25H28F2O4/c1-2-3-4-5-6-7-8-9-10-11-24(28)30-20-14-12-19(13-15-20)25(29)31-21-16-17-22(26)23(27)18-21/h10-18H,2-9H2,1H3. The second-order valence-corrected chi connectivity index (χ2v) is 7.22. The number of halogens is 2. The number of unbranched alkanes of at least 4 members (excludes halogenated alkanes) is 7. The number of benzene rings is 2. The molecule has 0 aliphatic heterocycles. The molecule has 166 valence electrons. The maximum absolute atomic E-state index is 13.2. The highest BCUT2D eigenvalue weighted by Gasteiger charge is 2.11. The first-order valence-electron chi connectivity index (χ1n) is 10.6. The summed E-state index contributed by atoms with van der Waals surface area (Å²) in [7, 11) is 0. The van der Waals surface area contributed by atoms with Crippen LogP contribution in [0.5, 0.6) is 11.5 Å². The molecule has 0 saturated heterocycles. The van der Waals surface area contributed by atoms with Crippen molar-refractivity contribution in [3.63, 3.8) is 0 Å². The monoisotopic (exact) mass is 430 g/mol. The van der Waals surface area contributed by atoms with Crippen molar-refractivity contribution in [2.75, 3.05) is 0 Å². The quantitative estimate of drug-likeness (QED) is 0.161. The van der Waals surface area contributed by atoms with Gasteiger partial charge in [-0.25, -0.2) is 18.4 Å². The van der Waals surface area contributed by atoms with Gasteiger partial charge in [-0.3, -0.25) is 0 Å². The van der Waals surface area contributed by atoms with Gasteiger partial charge in [0.1, 0.15) is 11.5 Å². The van der Waals surface area contributed by atoms with Gasteiger partial charge in [0, 0.05) is 12.1 Å². The molecule has 4 nitrogen and oxygen atoms in total. The summed E-state index contributed by atoms with van der Waals surface area (Å²) in [5.74, 6) is -3.17. The Morgan fingerprint density at radius 1 is 0.806 bits per heavy atom. The molecule has 2 rings (SSSR count). The Morgan fingerprint density at radius 2 is 1.45 bits per heavy atom. The minimum Gasteiger partial charge on any atom is -0.423 e. The second kappa shape index (κ2) is 13.3. The van der Waals surface area contributed by atoms with E-state index < -0.39 is 23.6 Å². The van der Waals surface area contributed by atoms with Crippen LogP contribution >= 0.6 is 0 Å². The van der Waals surface area contributed by atoms with Crippen LogP contribution in [0, 0.1) is 11.6 Å². The molecule has 0 radical (unpaired) electrons. The predicted octanol–water partition coefficient (Wildman–Crippen LogP) is 6.79. The highest BCUT2D eigenvalue weighted by molar-refractivity contribution is 5.91. The topological polar surface area (TPSA) is 52.6 Å². The molecule has 0 fully saturated rings. The molecule has 2 aromatic rings. The summed E-state index contributed by atoms with van der Waals surface area (Å²) in [4.78, 5) is 24.0. The van der Waals surface area contributed by atoms with Crippen LogP contribution in [-0.2, 0) is 4.79 Å². The van der Waals surface area contributed by atoms with Crippen molar-refractivity contribution < 1.29 is 27.8 Å². The normalized spacial score (nSPS) is 10.9. The van der Waals surface area contributed by atoms with E-state index in [1.165, 1.54) is 62.4 Å². The minimum absolute atomic E-state index is 0.106. The fourth-order valence-corrected chi connectivity index (χ4v) is 2.91. The first kappa shape index (κ1) is 24.3. The first-order valence-corrected chi connectivity index (χ1v) is 10.6. The Bertz CT molecular complexity index is 876. The average molecular weight is 430 g/mol. The fraction of sp³-hybridized carbons (Fsp3) is 0.360. The van der Waals surface area contributed by atoms with Crippen LogP contribution in [0.25, 0.3) is 0 Å². The second-order valence-electron chi connectivity index (χ2n) is 7.22. The Hall–Kier alpha value is -3.02. The van der Waals surface area contributed by atoms with E-state index in [-0.39, 0.29) is 17.1 Å². The average Bonchev–Trinajstić information content (AvgIpc) is 2.75. The van der Waals surface area contributed by atoms with Crippen LogP contribution in [0.3, 0.4) is 0 Å². The zero-order valence-corrected chi connectivity index (χ0v) is 17.7. The van der Waals surface area contributed by atoms with Crippen LogP contribution in [0.4, 0.5) is 8.78 Å². The van der Waals surface area contributed by atoms with Gasteiger partial charge in [-0.2, -0.15) is 0 Å². The summed E-state index contributed by atoms with van der Waals surface area (Å²) >= 11 is 0. The molecular weight excluding hydrogens is 402 g/mol. The molecule has 0 aliphatic carbocycles. The van der Waals surface area contributed by atoms with Crippen molar-refractivity contribution in [3.05, 3.63) is 71.8 Å². The summed E-state index contributed by atoms with van der Waals surface area (Å²) in [6.07, 6.45) is 12.6. The summed E-state index contributed by atoms with van der Waals surface area (Å²) in [6, 6.07) is 8.60. The van der Waals surface area contributed by atoms with Crippen molar-refractivity contribution in [3.8, 4) is 11.5 Å². The van der Waals surface area contributed by atoms with Gasteiger partial charge in [0.2, 0.25) is 0 Å². The molecule has 0 aromatic heterocycles. The van der Waals surface area contributed by atoms with Crippen molar-refractivity contribution in [2.24, 2.45) is 0 Å². The zero-order chi connectivity index (χ0) is 22.5. The fourth-order valence-electron chi connectivity index (χ4n) is 2.91. The van der Waals surface area contributed by atoms with E-state index in [0.717, 1.165) is 37.5 Å². The number of ether oxygens (including phenoxy) is 2. The van der Waals surface area contributed by atoms with Gasteiger partial charge < -0.3 is 9.47 Å². The summed E-state index contributed by atoms with van der Waals surface area (Å²) in [5.41, 5.74) is 0.180. The SMILES string of the molecule is CCCCCCCCCC=CC(=O)Oc1ccc(C(=O)Oc2ccc(F)c(F)c2)cc1. The molecule has 0 spiro atoms. The van der Waals surface area contributed by atoms with Gasteiger partial charge in [-0.1, -0.05) is 51.5 Å². The summed E-state index contributed by atoms with van der Waals surface area (Å²) in [5, 5.41) is 0. The lowest BCUT2D eigenvalue weighted by molar-refractivity contribution is -0.129. The van der Waals surface area contributed by atoms with Gasteiger partial charge in [-0.05, 0) is 49.2 Å². The van der Waals surface area contributed by atoms with E-state index >= 15 is 0 Å². The van der Waals surface area contributed by atoms with Crippen LogP contribution in [0.2, 0.25) is 0 Å². The highest BCUT2D eigenvalue weighted by atomic mass is 19.2. The van der Waals surface area contributed by atoms with Crippen LogP contribution < -0.4 is 9.47 Å². The molecule has 0 atom stereocenters. The van der Waals surface area contributed by atoms with Gasteiger partial charge in [0.25, 0.3) is 0 Å². The maximum Gasteiger partial charge on any atom is 0.343 e. The third kappa shape index (κ3) is 9.11. The molecule has 0 aliphatic rings. The molecule has 2 aromatic carbocycles. The van der Waals surface area contributed by atoms with E-state index in [9.17, 15) is 18.4 Å². The highest BCUT2D eigenvalue weighted by Crippen LogP contribution is 2.18. The Morgan fingerprint density at radius 3 is 2.13 bits per heavy atom. The Labute approximate surface area is 181 Å². The van der Waals surface area contributed by atoms with E-state index in [1.807, 2.05) is 6.08 Å². The van der Waals surface area contributed by atoms with Crippen LogP contribution in [0.15, 0.2) is 54.6 Å². The van der Waals surface area contributed by atoms with E-state index in [1.54, 1.807) is 0 Å². The number of allylic oxidation sites excluding steroid dienone is 1. The number of hydrogen-bond donors (Lipinski definition) is 0. The maximum atomic E-state index is 13.2. The molecule has 0 saturated carbocycles. The Kier molecular flexibility index (Phi) is 10.4. The van der Waals surface area contributed by atoms with Gasteiger partial charge >= 0.3 is 11.9 Å². The van der Waals surface area contributed by atoms with E-state index in [0.29, 0.717) is 0 Å². The number of carbonyl (C=O) groups excluding carboxylic acids is 2. The van der Waals surface area contributed by atoms with Crippen LogP contribution in [0.1, 0.15) is 68.6 Å². The molecule has 0 heterocycles. The predicted molar refractivity (Wildman–Crippen MR) is 115 cm³/mol. The minimum atomic E-state index is -1.10. The van der Waals surface area contributed by atoms with Gasteiger partial charge in [0.15, 0.2) is 11.6 Å². The number of esters is 2. The summed E-state index contributed by atoms with van der Waals surface area (Å²) < 4.78 is 36.3. The molecule has 0 N–H and O–H groups in total. The van der Waals surface area contributed by atoms with Gasteiger partial charge in [0.05, 0.1) is 5.56 Å². The lowest BCUT2D eigenvalue weighted by Crippen LogP contribution is -2.09. The molecule has 31 heavy (non-hydrogen) atoms. The summed E-state index contributed by atoms with van der Waals surface area (Å²) in [6.45, 7) is 2.20. The first-order chi connectivity index (χ1) is 15.0. The lowest BCUT2D eigenvalue weighted by atomic mass is 10.1. The number of rotatable bonds is 12. The van der Waals surface area contributed by atoms with Crippen molar-refractivity contribution >= 4 is 11.9 Å². The molecule has 6 heteroatoms. The largest absolute Gasteiger partial charge is 0.423 e. The van der Waals surface area contributed by atoms with E-state index in [4.69, 9.17) is 9.47 Å². The van der Waals surface area contributed by atoms with Crippen LogP contribution in [-0.4, -0.2) is 11.9 Å². The molecule has 0 unspecified atom stereocenters. The zero-order valence-electron chi connectivity index (χ0n) is 17.7. The molecular formula is C25H28F2O4. The number of hydrogen-bond acceptors (Lipinski definition) is 4. The molecule has 0 bridgehead atoms. The van der Waals surface area contributed by atoms with Crippen molar-refractivity contribution in [2.45, 2.75) is 58.3 Å². The third-order valence-electron chi connectivity index (χ3n) is 4.64. The number of carbonyl (C=O) groups is 2. The third-order valence-corrected chi connectivity index (χ3v) is 4.64. The van der Waals surface area contributed by atoms with Gasteiger partial charge in [-0.15, -0.1) is 0 Å². The Balaban J connectivity index is 1.72. The van der Waals surface area contributed by atoms with Crippen molar-refractivity contribution in [1.82, 2.24) is 0 Å². The smallest absolute Gasteiger partial charge is 0.343 e. The molecule has 0 amide bonds. The van der Waals surface area contributed by atoms with Crippen molar-refractivity contribution in [1.29, 1.82) is 0 Å².